The number of carboxylic acid groups (broad SMARTS) is 3. The topological polar surface area (TPSA) is 124 Å². The molecule has 0 aromatic carbocycles. The van der Waals surface area contributed by atoms with Crippen LogP contribution in [0.25, 0.3) is 0 Å². The number of aliphatic carboxylic acids is 3. The van der Waals surface area contributed by atoms with Gasteiger partial charge in [-0.05, 0) is 0 Å². The molecule has 9 heteroatoms. The molecule has 0 atom stereocenters. The summed E-state index contributed by atoms with van der Waals surface area (Å²) in [6.45, 7) is -2.37. The molecule has 0 unspecified atom stereocenters. The minimum atomic E-state index is -1.57. The molecule has 15 heavy (non-hydrogen) atoms. The van der Waals surface area contributed by atoms with E-state index < -0.39 is 37.5 Å². The van der Waals surface area contributed by atoms with E-state index in [1.807, 2.05) is 0 Å². The van der Waals surface area contributed by atoms with Gasteiger partial charge in [-0.15, -0.1) is 0 Å². The second-order valence-corrected chi connectivity index (χ2v) is 2.26. The average Bonchev–Trinajstić information content (AvgIpc) is 1.80. The van der Waals surface area contributed by atoms with Gasteiger partial charge in [-0.3, -0.25) is 4.90 Å². The molecule has 0 saturated heterocycles. The molecular weight excluding hydrogens is 324 g/mol. The van der Waals surface area contributed by atoms with Crippen LogP contribution in [0.2, 0.25) is 0 Å². The zero-order valence-electron chi connectivity index (χ0n) is 8.23. The van der Waals surface area contributed by atoms with E-state index in [1.165, 1.54) is 0 Å². The molecular formula is C6H8NNaO6Sn. The zero-order valence-corrected chi connectivity index (χ0v) is 14.3. The van der Waals surface area contributed by atoms with E-state index in [2.05, 4.69) is 0 Å². The maximum atomic E-state index is 9.99. The average molecular weight is 332 g/mol. The van der Waals surface area contributed by atoms with Crippen molar-refractivity contribution in [1.82, 2.24) is 4.90 Å². The molecule has 0 fully saturated rings. The Kier molecular flexibility index (Phi) is 14.6. The van der Waals surface area contributed by atoms with Crippen molar-refractivity contribution >= 4 is 41.8 Å². The van der Waals surface area contributed by atoms with E-state index in [4.69, 9.17) is 0 Å². The van der Waals surface area contributed by atoms with Crippen LogP contribution in [0.1, 0.15) is 0 Å². The number of carbonyl (C=O) groups excluding carboxylic acids is 3. The molecule has 7 nitrogen and oxygen atoms in total. The summed E-state index contributed by atoms with van der Waals surface area (Å²) in [7, 11) is 0. The van der Waals surface area contributed by atoms with E-state index in [-0.39, 0.29) is 53.5 Å². The molecule has 0 aliphatic carbocycles. The van der Waals surface area contributed by atoms with E-state index in [0.717, 1.165) is 0 Å². The summed E-state index contributed by atoms with van der Waals surface area (Å²) in [5.41, 5.74) is 0. The van der Waals surface area contributed by atoms with Crippen LogP contribution >= 0.6 is 0 Å². The van der Waals surface area contributed by atoms with Crippen molar-refractivity contribution in [2.45, 2.75) is 0 Å². The van der Waals surface area contributed by atoms with E-state index in [1.54, 1.807) is 0 Å². The molecule has 0 radical (unpaired) electrons. The maximum absolute atomic E-state index is 9.99. The third-order valence-corrected chi connectivity index (χ3v) is 1.06. The van der Waals surface area contributed by atoms with Crippen molar-refractivity contribution in [2.75, 3.05) is 19.6 Å². The van der Waals surface area contributed by atoms with Gasteiger partial charge in [0.25, 0.3) is 0 Å². The van der Waals surface area contributed by atoms with Gasteiger partial charge >= 0.3 is 53.5 Å². The van der Waals surface area contributed by atoms with Gasteiger partial charge in [0, 0.05) is 19.6 Å². The minimum absolute atomic E-state index is 0. The van der Waals surface area contributed by atoms with Crippen molar-refractivity contribution in [2.24, 2.45) is 0 Å². The predicted molar refractivity (Wildman–Crippen MR) is 40.0 cm³/mol. The van der Waals surface area contributed by atoms with Crippen LogP contribution in [0.4, 0.5) is 0 Å². The van der Waals surface area contributed by atoms with Crippen molar-refractivity contribution in [3.05, 3.63) is 0 Å². The fraction of sp³-hybridized carbons (Fsp3) is 0.500. The fourth-order valence-corrected chi connectivity index (χ4v) is 0.715. The Morgan fingerprint density at radius 2 is 1.00 bits per heavy atom. The third-order valence-electron chi connectivity index (χ3n) is 1.06. The first-order valence-corrected chi connectivity index (χ1v) is 3.23. The van der Waals surface area contributed by atoms with Gasteiger partial charge in [0.15, 0.2) is 0 Å². The monoisotopic (exact) mass is 333 g/mol. The molecule has 0 bridgehead atoms. The first-order valence-electron chi connectivity index (χ1n) is 3.23. The Morgan fingerprint density at radius 3 is 1.13 bits per heavy atom. The number of hydrogen-bond acceptors (Lipinski definition) is 7. The van der Waals surface area contributed by atoms with Crippen LogP contribution in [0.15, 0.2) is 0 Å². The van der Waals surface area contributed by atoms with Gasteiger partial charge in [0.2, 0.25) is 0 Å². The van der Waals surface area contributed by atoms with E-state index >= 15 is 0 Å². The third kappa shape index (κ3) is 14.2. The molecule has 0 saturated carbocycles. The summed E-state index contributed by atoms with van der Waals surface area (Å²) in [4.78, 5) is 30.6. The number of carbonyl (C=O) groups is 3. The molecule has 0 N–H and O–H groups in total. The number of nitrogens with zero attached hydrogens (tertiary/aromatic N) is 1. The Balaban J connectivity index is -0.000000720. The second kappa shape index (κ2) is 10.7. The second-order valence-electron chi connectivity index (χ2n) is 2.26. The Bertz CT molecular complexity index is 198. The van der Waals surface area contributed by atoms with Crippen molar-refractivity contribution < 1.29 is 59.3 Å². The predicted octanol–water partition coefficient (Wildman–Crippen LogP) is -9.37. The van der Waals surface area contributed by atoms with Gasteiger partial charge in [-0.25, -0.2) is 0 Å². The Labute approximate surface area is 125 Å². The number of hydrogen-bond donors (Lipinski definition) is 0. The van der Waals surface area contributed by atoms with Crippen LogP contribution in [-0.2, 0) is 14.4 Å². The molecule has 0 aromatic heterocycles. The number of carboxylic acids is 3. The number of rotatable bonds is 6. The quantitative estimate of drug-likeness (QED) is 0.443. The van der Waals surface area contributed by atoms with Crippen LogP contribution in [0.3, 0.4) is 0 Å². The Morgan fingerprint density at radius 1 is 0.800 bits per heavy atom. The van der Waals surface area contributed by atoms with Gasteiger partial charge in [-0.2, -0.15) is 0 Å². The summed E-state index contributed by atoms with van der Waals surface area (Å²) < 4.78 is 0. The summed E-state index contributed by atoms with van der Waals surface area (Å²) in [5.74, 6) is -4.70. The summed E-state index contributed by atoms with van der Waals surface area (Å²) in [6.07, 6.45) is 0. The summed E-state index contributed by atoms with van der Waals surface area (Å²) in [5, 5.41) is 30.0. The summed E-state index contributed by atoms with van der Waals surface area (Å²) >= 11 is 0. The van der Waals surface area contributed by atoms with Gasteiger partial charge < -0.3 is 29.7 Å². The van der Waals surface area contributed by atoms with E-state index in [9.17, 15) is 29.7 Å². The molecule has 0 amide bonds. The van der Waals surface area contributed by atoms with Gasteiger partial charge in [0.1, 0.15) is 0 Å². The molecule has 0 aliphatic rings. The molecule has 0 spiro atoms. The van der Waals surface area contributed by atoms with Crippen LogP contribution < -0.4 is 44.9 Å². The van der Waals surface area contributed by atoms with Crippen molar-refractivity contribution in [1.29, 1.82) is 0 Å². The van der Waals surface area contributed by atoms with Crippen molar-refractivity contribution in [3.63, 3.8) is 0 Å². The summed E-state index contributed by atoms with van der Waals surface area (Å²) in [6, 6.07) is 0. The Hall–Kier alpha value is 0.169. The molecule has 0 heterocycles. The molecule has 0 aromatic rings. The van der Waals surface area contributed by atoms with Crippen molar-refractivity contribution in [3.8, 4) is 0 Å². The van der Waals surface area contributed by atoms with Crippen LogP contribution in [-0.4, -0.2) is 66.3 Å². The SMILES string of the molecule is O=C([O-])CN(CC(=O)[O-])CC(=O)[O-].[Na+].[SnH2+2]. The molecule has 0 aliphatic heterocycles. The first kappa shape index (κ1) is 20.6. The van der Waals surface area contributed by atoms with Gasteiger partial charge in [0.05, 0.1) is 17.9 Å². The first-order chi connectivity index (χ1) is 5.91. The van der Waals surface area contributed by atoms with Gasteiger partial charge in [-0.1, -0.05) is 0 Å². The van der Waals surface area contributed by atoms with Crippen LogP contribution in [0.5, 0.6) is 0 Å². The molecule has 0 rings (SSSR count). The molecule has 78 valence electrons. The fourth-order valence-electron chi connectivity index (χ4n) is 0.715. The normalized spacial score (nSPS) is 8.60. The zero-order chi connectivity index (χ0) is 10.4. The van der Waals surface area contributed by atoms with Crippen LogP contribution in [0, 0.1) is 0 Å². The standard InChI is InChI=1S/C6H9NO6.Na.Sn.2H/c8-4(9)1-7(2-5(10)11)3-6(12)13;;;;/h1-3H2,(H,8,9)(H,10,11)(H,12,13);;;;/q;+1;+2;;/p-3. The van der Waals surface area contributed by atoms with E-state index in [0.29, 0.717) is 4.90 Å².